The Kier molecular flexibility index (Phi) is 3.83. The third-order valence-electron chi connectivity index (χ3n) is 2.33. The van der Waals surface area contributed by atoms with Gasteiger partial charge in [0.2, 0.25) is 0 Å². The van der Waals surface area contributed by atoms with E-state index >= 15 is 0 Å². The monoisotopic (exact) mass is 304 g/mol. The number of nitrogens with two attached hydrogens (primary N) is 1. The molecule has 0 bridgehead atoms. The second kappa shape index (κ2) is 5.24. The number of sulfonamides is 1. The van der Waals surface area contributed by atoms with Gasteiger partial charge in [0.1, 0.15) is 4.21 Å². The lowest BCUT2D eigenvalue weighted by Crippen LogP contribution is -2.13. The first kappa shape index (κ1) is 13.9. The molecular formula is C11H10F2N2O2S2. The van der Waals surface area contributed by atoms with Crippen molar-refractivity contribution in [3.05, 3.63) is 46.8 Å². The number of rotatable bonds is 4. The van der Waals surface area contributed by atoms with Crippen LogP contribution in [-0.4, -0.2) is 8.42 Å². The summed E-state index contributed by atoms with van der Waals surface area (Å²) in [4.78, 5) is 0. The minimum absolute atomic E-state index is 0.00314. The van der Waals surface area contributed by atoms with Crippen molar-refractivity contribution in [3.63, 3.8) is 0 Å². The Labute approximate surface area is 112 Å². The lowest BCUT2D eigenvalue weighted by molar-refractivity contribution is 0.511. The molecule has 4 nitrogen and oxygen atoms in total. The maximum atomic E-state index is 13.4. The minimum Gasteiger partial charge on any atom is -0.326 e. The first-order valence-electron chi connectivity index (χ1n) is 5.18. The molecule has 2 aromatic rings. The molecule has 0 unspecified atom stereocenters. The van der Waals surface area contributed by atoms with Crippen LogP contribution in [0.15, 0.2) is 33.9 Å². The van der Waals surface area contributed by atoms with Gasteiger partial charge in [-0.25, -0.2) is 17.2 Å². The molecular weight excluding hydrogens is 294 g/mol. The van der Waals surface area contributed by atoms with Crippen LogP contribution in [0.25, 0.3) is 0 Å². The van der Waals surface area contributed by atoms with Crippen LogP contribution in [0.2, 0.25) is 0 Å². The van der Waals surface area contributed by atoms with Gasteiger partial charge in [0.05, 0.1) is 5.69 Å². The Morgan fingerprint density at radius 2 is 2.05 bits per heavy atom. The van der Waals surface area contributed by atoms with Crippen LogP contribution in [0.5, 0.6) is 0 Å². The summed E-state index contributed by atoms with van der Waals surface area (Å²) < 4.78 is 52.3. The van der Waals surface area contributed by atoms with Gasteiger partial charge in [0.15, 0.2) is 11.6 Å². The summed E-state index contributed by atoms with van der Waals surface area (Å²) in [6, 6.07) is 4.67. The number of benzene rings is 1. The average Bonchev–Trinajstić information content (AvgIpc) is 2.84. The third kappa shape index (κ3) is 2.91. The average molecular weight is 304 g/mol. The normalized spacial score (nSPS) is 11.5. The van der Waals surface area contributed by atoms with Crippen molar-refractivity contribution in [2.24, 2.45) is 5.73 Å². The highest BCUT2D eigenvalue weighted by Crippen LogP contribution is 2.24. The summed E-state index contributed by atoms with van der Waals surface area (Å²) in [5.41, 5.74) is 5.61. The lowest BCUT2D eigenvalue weighted by atomic mass is 10.3. The van der Waals surface area contributed by atoms with Crippen LogP contribution < -0.4 is 10.5 Å². The van der Waals surface area contributed by atoms with Crippen molar-refractivity contribution in [2.45, 2.75) is 10.8 Å². The van der Waals surface area contributed by atoms with Crippen LogP contribution in [0.1, 0.15) is 5.56 Å². The van der Waals surface area contributed by atoms with E-state index in [1.54, 1.807) is 5.38 Å². The van der Waals surface area contributed by atoms with Gasteiger partial charge in [-0.1, -0.05) is 6.07 Å². The van der Waals surface area contributed by atoms with Crippen molar-refractivity contribution in [1.29, 1.82) is 0 Å². The predicted molar refractivity (Wildman–Crippen MR) is 69.4 cm³/mol. The highest BCUT2D eigenvalue weighted by atomic mass is 32.2. The van der Waals surface area contributed by atoms with E-state index < -0.39 is 27.3 Å². The zero-order valence-electron chi connectivity index (χ0n) is 9.56. The molecule has 102 valence electrons. The number of hydrogen-bond acceptors (Lipinski definition) is 4. The first-order chi connectivity index (χ1) is 8.94. The van der Waals surface area contributed by atoms with E-state index in [1.165, 1.54) is 12.1 Å². The summed E-state index contributed by atoms with van der Waals surface area (Å²) in [5, 5.41) is 1.59. The van der Waals surface area contributed by atoms with E-state index in [0.717, 1.165) is 23.5 Å². The predicted octanol–water partition coefficient (Wildman–Crippen LogP) is 2.29. The number of nitrogens with one attached hydrogen (secondary N) is 1. The summed E-state index contributed by atoms with van der Waals surface area (Å²) in [6.07, 6.45) is 0. The zero-order valence-corrected chi connectivity index (χ0v) is 11.2. The van der Waals surface area contributed by atoms with Crippen molar-refractivity contribution in [2.75, 3.05) is 4.72 Å². The van der Waals surface area contributed by atoms with Crippen LogP contribution in [-0.2, 0) is 16.6 Å². The number of thiophene rings is 1. The molecule has 0 aliphatic rings. The topological polar surface area (TPSA) is 72.2 Å². The molecule has 3 N–H and O–H groups in total. The Balaban J connectivity index is 2.33. The molecule has 1 heterocycles. The van der Waals surface area contributed by atoms with Gasteiger partial charge in [0.25, 0.3) is 10.0 Å². The molecule has 0 atom stereocenters. The molecule has 19 heavy (non-hydrogen) atoms. The molecule has 0 saturated carbocycles. The van der Waals surface area contributed by atoms with Gasteiger partial charge in [-0.05, 0) is 29.1 Å². The summed E-state index contributed by atoms with van der Waals surface area (Å²) in [6.45, 7) is 0.209. The fourth-order valence-electron chi connectivity index (χ4n) is 1.38. The first-order valence-corrected chi connectivity index (χ1v) is 7.54. The van der Waals surface area contributed by atoms with Gasteiger partial charge in [0, 0.05) is 6.54 Å². The Morgan fingerprint density at radius 3 is 2.68 bits per heavy atom. The molecule has 0 amide bonds. The molecule has 0 aliphatic carbocycles. The molecule has 2 rings (SSSR count). The number of hydrogen-bond donors (Lipinski definition) is 2. The van der Waals surface area contributed by atoms with E-state index in [4.69, 9.17) is 5.73 Å². The number of anilines is 1. The molecule has 0 aliphatic heterocycles. The zero-order chi connectivity index (χ0) is 14.0. The van der Waals surface area contributed by atoms with Crippen LogP contribution in [0, 0.1) is 11.6 Å². The maximum absolute atomic E-state index is 13.4. The molecule has 1 aromatic heterocycles. The van der Waals surface area contributed by atoms with E-state index in [1.807, 2.05) is 4.72 Å². The Morgan fingerprint density at radius 1 is 1.32 bits per heavy atom. The quantitative estimate of drug-likeness (QED) is 0.910. The summed E-state index contributed by atoms with van der Waals surface area (Å²) >= 11 is 0.964. The van der Waals surface area contributed by atoms with Crippen molar-refractivity contribution < 1.29 is 17.2 Å². The minimum atomic E-state index is -3.94. The van der Waals surface area contributed by atoms with E-state index in [0.29, 0.717) is 5.56 Å². The molecule has 0 radical (unpaired) electrons. The summed E-state index contributed by atoms with van der Waals surface area (Å²) in [5.74, 6) is -2.35. The molecule has 1 aromatic carbocycles. The Hall–Kier alpha value is -1.51. The van der Waals surface area contributed by atoms with Crippen LogP contribution in [0.3, 0.4) is 0 Å². The van der Waals surface area contributed by atoms with Crippen molar-refractivity contribution >= 4 is 27.0 Å². The van der Waals surface area contributed by atoms with Crippen LogP contribution >= 0.6 is 11.3 Å². The van der Waals surface area contributed by atoms with Gasteiger partial charge in [-0.15, -0.1) is 11.3 Å². The van der Waals surface area contributed by atoms with E-state index in [2.05, 4.69) is 0 Å². The molecule has 0 fully saturated rings. The van der Waals surface area contributed by atoms with Gasteiger partial charge >= 0.3 is 0 Å². The van der Waals surface area contributed by atoms with E-state index in [-0.39, 0.29) is 10.8 Å². The lowest BCUT2D eigenvalue weighted by Gasteiger charge is -2.07. The fraction of sp³-hybridized carbons (Fsp3) is 0.0909. The molecule has 8 heteroatoms. The standard InChI is InChI=1S/C11H10F2N2O2S2/c12-8-2-1-3-9(11(8)13)15-19(16,17)10-4-7(5-14)6-18-10/h1-4,6,15H,5,14H2. The van der Waals surface area contributed by atoms with Crippen molar-refractivity contribution in [3.8, 4) is 0 Å². The van der Waals surface area contributed by atoms with E-state index in [9.17, 15) is 17.2 Å². The number of halogens is 2. The van der Waals surface area contributed by atoms with Gasteiger partial charge in [-0.3, -0.25) is 4.72 Å². The smallest absolute Gasteiger partial charge is 0.271 e. The van der Waals surface area contributed by atoms with Crippen LogP contribution in [0.4, 0.5) is 14.5 Å². The highest BCUT2D eigenvalue weighted by Gasteiger charge is 2.19. The largest absolute Gasteiger partial charge is 0.326 e. The second-order valence-corrected chi connectivity index (χ2v) is 6.51. The highest BCUT2D eigenvalue weighted by molar-refractivity contribution is 7.94. The van der Waals surface area contributed by atoms with Crippen molar-refractivity contribution in [1.82, 2.24) is 0 Å². The maximum Gasteiger partial charge on any atom is 0.271 e. The summed E-state index contributed by atoms with van der Waals surface area (Å²) in [7, 11) is -3.94. The van der Waals surface area contributed by atoms with Gasteiger partial charge < -0.3 is 5.73 Å². The van der Waals surface area contributed by atoms with Gasteiger partial charge in [-0.2, -0.15) is 0 Å². The molecule has 0 saturated heterocycles. The Bertz CT molecular complexity index is 698. The second-order valence-electron chi connectivity index (χ2n) is 3.68. The third-order valence-corrected chi connectivity index (χ3v) is 5.18. The SMILES string of the molecule is NCc1csc(S(=O)(=O)Nc2cccc(F)c2F)c1. The molecule has 0 spiro atoms. The fourth-order valence-corrected chi connectivity index (χ4v) is 3.66.